The molecule has 4 aromatic rings. The first-order valence-corrected chi connectivity index (χ1v) is 11.3. The number of alkyl halides is 1. The van der Waals surface area contributed by atoms with Crippen molar-refractivity contribution in [1.82, 2.24) is 19.5 Å². The number of aryl methyl sites for hydroxylation is 3. The van der Waals surface area contributed by atoms with Crippen molar-refractivity contribution in [3.63, 3.8) is 0 Å². The second kappa shape index (κ2) is 9.94. The molecule has 0 N–H and O–H groups in total. The van der Waals surface area contributed by atoms with Gasteiger partial charge in [-0.05, 0) is 43.9 Å². The van der Waals surface area contributed by atoms with E-state index in [9.17, 15) is 9.18 Å². The van der Waals surface area contributed by atoms with Crippen molar-refractivity contribution in [2.24, 2.45) is 0 Å². The Morgan fingerprint density at radius 2 is 1.76 bits per heavy atom. The quantitative estimate of drug-likeness (QED) is 0.379. The average Bonchev–Trinajstić information content (AvgIpc) is 3.17. The molecule has 0 saturated carbocycles. The maximum absolute atomic E-state index is 13.2. The minimum Gasteiger partial charge on any atom is -0.341 e. The van der Waals surface area contributed by atoms with Gasteiger partial charge in [-0.15, -0.1) is 0 Å². The lowest BCUT2D eigenvalue weighted by Crippen LogP contribution is -2.27. The Kier molecular flexibility index (Phi) is 6.82. The number of aromatic nitrogens is 3. The van der Waals surface area contributed by atoms with Gasteiger partial charge in [0.05, 0.1) is 18.8 Å². The number of nitrogens with zero attached hydrogens (tertiary/aromatic N) is 4. The molecule has 6 heteroatoms. The fourth-order valence-corrected chi connectivity index (χ4v) is 4.09. The van der Waals surface area contributed by atoms with Crippen LogP contribution in [0.3, 0.4) is 0 Å². The van der Waals surface area contributed by atoms with Crippen LogP contribution in [0.15, 0.2) is 60.7 Å². The lowest BCUT2D eigenvalue weighted by Gasteiger charge is -2.17. The van der Waals surface area contributed by atoms with Gasteiger partial charge in [-0.2, -0.15) is 5.10 Å². The van der Waals surface area contributed by atoms with E-state index in [4.69, 9.17) is 10.1 Å². The summed E-state index contributed by atoms with van der Waals surface area (Å²) in [6.45, 7) is 4.17. The van der Waals surface area contributed by atoms with Gasteiger partial charge in [0.2, 0.25) is 5.91 Å². The minimum absolute atomic E-state index is 0.00975. The monoisotopic (exact) mass is 444 g/mol. The van der Waals surface area contributed by atoms with Gasteiger partial charge in [-0.25, -0.2) is 9.50 Å². The zero-order valence-corrected chi connectivity index (χ0v) is 19.4. The Morgan fingerprint density at radius 3 is 2.45 bits per heavy atom. The van der Waals surface area contributed by atoms with Crippen LogP contribution in [0.4, 0.5) is 4.39 Å². The molecule has 0 fully saturated rings. The van der Waals surface area contributed by atoms with Crippen molar-refractivity contribution in [2.75, 3.05) is 13.7 Å². The van der Waals surface area contributed by atoms with Crippen LogP contribution in [0, 0.1) is 13.8 Å². The number of carbonyl (C=O) groups is 1. The maximum Gasteiger partial charge on any atom is 0.227 e. The average molecular weight is 445 g/mol. The first kappa shape index (κ1) is 22.6. The number of halogens is 1. The SMILES string of the molecule is Cc1cc(C)n2nc(-c3ccc(CCCF)cc3)c(CC(=O)N(C)Cc3ccccc3)c2n1. The van der Waals surface area contributed by atoms with Gasteiger partial charge in [-0.3, -0.25) is 9.18 Å². The van der Waals surface area contributed by atoms with E-state index < -0.39 is 0 Å². The smallest absolute Gasteiger partial charge is 0.227 e. The zero-order chi connectivity index (χ0) is 23.4. The molecule has 5 nitrogen and oxygen atoms in total. The fraction of sp³-hybridized carbons (Fsp3) is 0.296. The third kappa shape index (κ3) is 5.11. The number of amides is 1. The summed E-state index contributed by atoms with van der Waals surface area (Å²) >= 11 is 0. The predicted octanol–water partition coefficient (Wildman–Crippen LogP) is 5.12. The lowest BCUT2D eigenvalue weighted by molar-refractivity contribution is -0.129. The van der Waals surface area contributed by atoms with E-state index in [-0.39, 0.29) is 19.0 Å². The van der Waals surface area contributed by atoms with E-state index in [0.29, 0.717) is 25.0 Å². The number of benzene rings is 2. The summed E-state index contributed by atoms with van der Waals surface area (Å²) in [6, 6.07) is 20.0. The largest absolute Gasteiger partial charge is 0.341 e. The van der Waals surface area contributed by atoms with E-state index in [2.05, 4.69) is 0 Å². The Bertz CT molecular complexity index is 1250. The third-order valence-corrected chi connectivity index (χ3v) is 5.83. The third-order valence-electron chi connectivity index (χ3n) is 5.83. The van der Waals surface area contributed by atoms with E-state index >= 15 is 0 Å². The molecule has 33 heavy (non-hydrogen) atoms. The van der Waals surface area contributed by atoms with Crippen molar-refractivity contribution in [3.05, 3.63) is 88.7 Å². The zero-order valence-electron chi connectivity index (χ0n) is 19.4. The van der Waals surface area contributed by atoms with Crippen LogP contribution in [0.25, 0.3) is 16.9 Å². The molecule has 170 valence electrons. The van der Waals surface area contributed by atoms with Crippen LogP contribution in [-0.2, 0) is 24.2 Å². The summed E-state index contributed by atoms with van der Waals surface area (Å²) in [7, 11) is 1.82. The Hall–Kier alpha value is -3.54. The number of hydrogen-bond donors (Lipinski definition) is 0. The Morgan fingerprint density at radius 1 is 1.03 bits per heavy atom. The topological polar surface area (TPSA) is 50.5 Å². The standard InChI is InChI=1S/C27H29FN4O/c1-19-16-20(2)32-27(29-19)24(17-25(33)31(3)18-22-8-5-4-6-9-22)26(30-32)23-13-11-21(12-14-23)10-7-15-28/h4-6,8-9,11-14,16H,7,10,15,17-18H2,1-3H3. The second-order valence-corrected chi connectivity index (χ2v) is 8.50. The normalized spacial score (nSPS) is 11.2. The Labute approximate surface area is 193 Å². The van der Waals surface area contributed by atoms with Crippen molar-refractivity contribution in [1.29, 1.82) is 0 Å². The highest BCUT2D eigenvalue weighted by atomic mass is 19.1. The molecule has 2 aromatic carbocycles. The molecule has 0 radical (unpaired) electrons. The fourth-order valence-electron chi connectivity index (χ4n) is 4.09. The van der Waals surface area contributed by atoms with Crippen molar-refractivity contribution in [2.45, 2.75) is 39.7 Å². The van der Waals surface area contributed by atoms with E-state index in [1.165, 1.54) is 0 Å². The minimum atomic E-state index is -0.318. The Balaban J connectivity index is 1.69. The number of hydrogen-bond acceptors (Lipinski definition) is 3. The van der Waals surface area contributed by atoms with Crippen LogP contribution in [0.2, 0.25) is 0 Å². The van der Waals surface area contributed by atoms with Crippen LogP contribution in [-0.4, -0.2) is 39.1 Å². The molecule has 0 saturated heterocycles. The van der Waals surface area contributed by atoms with Crippen molar-refractivity contribution < 1.29 is 9.18 Å². The van der Waals surface area contributed by atoms with Crippen LogP contribution >= 0.6 is 0 Å². The molecule has 0 unspecified atom stereocenters. The van der Waals surface area contributed by atoms with Crippen LogP contribution < -0.4 is 0 Å². The summed E-state index contributed by atoms with van der Waals surface area (Å²) < 4.78 is 14.4. The summed E-state index contributed by atoms with van der Waals surface area (Å²) in [5, 5.41) is 4.84. The lowest BCUT2D eigenvalue weighted by atomic mass is 10.0. The molecular formula is C27H29FN4O. The number of fused-ring (bicyclic) bond motifs is 1. The highest BCUT2D eigenvalue weighted by molar-refractivity contribution is 5.84. The summed E-state index contributed by atoms with van der Waals surface area (Å²) in [6.07, 6.45) is 1.43. The van der Waals surface area contributed by atoms with Crippen LogP contribution in [0.5, 0.6) is 0 Å². The molecule has 0 aliphatic carbocycles. The van der Waals surface area contributed by atoms with E-state index in [1.807, 2.05) is 86.1 Å². The van der Waals surface area contributed by atoms with Gasteiger partial charge in [0, 0.05) is 36.1 Å². The number of rotatable bonds is 8. The molecule has 1 amide bonds. The first-order valence-electron chi connectivity index (χ1n) is 11.3. The van der Waals surface area contributed by atoms with Crippen molar-refractivity contribution >= 4 is 11.6 Å². The maximum atomic E-state index is 13.2. The van der Waals surface area contributed by atoms with Gasteiger partial charge in [0.15, 0.2) is 5.65 Å². The first-order chi connectivity index (χ1) is 16.0. The number of carbonyl (C=O) groups excluding carboxylic acids is 1. The molecule has 0 bridgehead atoms. The highest BCUT2D eigenvalue weighted by Gasteiger charge is 2.21. The van der Waals surface area contributed by atoms with Gasteiger partial charge in [0.1, 0.15) is 0 Å². The second-order valence-electron chi connectivity index (χ2n) is 8.50. The predicted molar refractivity (Wildman–Crippen MR) is 129 cm³/mol. The van der Waals surface area contributed by atoms with Gasteiger partial charge in [0.25, 0.3) is 0 Å². The molecule has 0 spiro atoms. The molecule has 0 aliphatic heterocycles. The molecular weight excluding hydrogens is 415 g/mol. The van der Waals surface area contributed by atoms with Crippen LogP contribution in [0.1, 0.15) is 34.5 Å². The summed E-state index contributed by atoms with van der Waals surface area (Å²) in [4.78, 5) is 19.7. The molecule has 0 aliphatic rings. The molecule has 2 heterocycles. The highest BCUT2D eigenvalue weighted by Crippen LogP contribution is 2.28. The van der Waals surface area contributed by atoms with Gasteiger partial charge in [-0.1, -0.05) is 54.6 Å². The molecule has 2 aromatic heterocycles. The summed E-state index contributed by atoms with van der Waals surface area (Å²) in [5.74, 6) is 0.00975. The molecule has 0 atom stereocenters. The molecule has 4 rings (SSSR count). The summed E-state index contributed by atoms with van der Waals surface area (Å²) in [5.41, 5.74) is 7.25. The van der Waals surface area contributed by atoms with E-state index in [1.54, 1.807) is 4.90 Å². The van der Waals surface area contributed by atoms with Gasteiger partial charge >= 0.3 is 0 Å². The van der Waals surface area contributed by atoms with E-state index in [0.717, 1.165) is 39.3 Å². The van der Waals surface area contributed by atoms with Gasteiger partial charge < -0.3 is 4.90 Å². The number of likely N-dealkylation sites (N-methyl/N-ethyl adjacent to an activating group) is 1. The van der Waals surface area contributed by atoms with Crippen molar-refractivity contribution in [3.8, 4) is 11.3 Å².